The molecule has 0 spiro atoms. The van der Waals surface area contributed by atoms with Gasteiger partial charge in [-0.25, -0.2) is 0 Å². The van der Waals surface area contributed by atoms with Crippen molar-refractivity contribution in [2.24, 2.45) is 4.99 Å². The number of nitrogens with zero attached hydrogens (tertiary/aromatic N) is 1. The van der Waals surface area contributed by atoms with Crippen molar-refractivity contribution in [1.29, 1.82) is 0 Å². The van der Waals surface area contributed by atoms with Crippen LogP contribution in [0.25, 0.3) is 0 Å². The Morgan fingerprint density at radius 3 is 3.05 bits per heavy atom. The summed E-state index contributed by atoms with van der Waals surface area (Å²) in [4.78, 5) is 4.50. The maximum absolute atomic E-state index is 10.3. The van der Waals surface area contributed by atoms with Crippen LogP contribution >= 0.6 is 11.8 Å². The zero-order valence-corrected chi connectivity index (χ0v) is 12.5. The first-order valence-corrected chi connectivity index (χ1v) is 8.31. The van der Waals surface area contributed by atoms with Crippen LogP contribution in [0.4, 0.5) is 0 Å². The van der Waals surface area contributed by atoms with Gasteiger partial charge in [0.1, 0.15) is 0 Å². The molecular weight excluding hydrogens is 262 g/mol. The minimum Gasteiger partial charge on any atom is -0.387 e. The monoisotopic (exact) mass is 287 g/mol. The van der Waals surface area contributed by atoms with E-state index in [-0.39, 0.29) is 0 Å². The highest BCUT2D eigenvalue weighted by Crippen LogP contribution is 2.27. The van der Waals surface area contributed by atoms with Gasteiger partial charge in [-0.3, -0.25) is 4.99 Å². The number of aliphatic imine (C=N–C) groups is 1. The van der Waals surface area contributed by atoms with E-state index >= 15 is 0 Å². The number of aliphatic hydroxyl groups is 1. The molecule has 0 aromatic carbocycles. The molecule has 110 valence electrons. The van der Waals surface area contributed by atoms with Crippen molar-refractivity contribution in [3.8, 4) is 0 Å². The summed E-state index contributed by atoms with van der Waals surface area (Å²) >= 11 is 1.80. The van der Waals surface area contributed by atoms with Crippen molar-refractivity contribution in [3.63, 3.8) is 0 Å². The summed E-state index contributed by atoms with van der Waals surface area (Å²) in [6.07, 6.45) is 3.41. The van der Waals surface area contributed by atoms with Crippen LogP contribution < -0.4 is 10.6 Å². The molecule has 0 bridgehead atoms. The predicted molar refractivity (Wildman–Crippen MR) is 79.8 cm³/mol. The van der Waals surface area contributed by atoms with Gasteiger partial charge in [0.25, 0.3) is 0 Å². The first-order valence-electron chi connectivity index (χ1n) is 7.16. The van der Waals surface area contributed by atoms with Crippen LogP contribution in [0.2, 0.25) is 0 Å². The fourth-order valence-corrected chi connectivity index (χ4v) is 3.59. The average molecular weight is 287 g/mol. The van der Waals surface area contributed by atoms with Crippen LogP contribution in [0.3, 0.4) is 0 Å². The number of nitrogens with one attached hydrogen (secondary N) is 2. The Kier molecular flexibility index (Phi) is 5.78. The van der Waals surface area contributed by atoms with Crippen LogP contribution in [0, 0.1) is 0 Å². The molecule has 19 heavy (non-hydrogen) atoms. The fraction of sp³-hybridized carbons (Fsp3) is 0.923. The van der Waals surface area contributed by atoms with E-state index in [0.717, 1.165) is 56.4 Å². The third-order valence-corrected chi connectivity index (χ3v) is 4.71. The predicted octanol–water partition coefficient (Wildman–Crippen LogP) is 0.589. The van der Waals surface area contributed by atoms with Crippen molar-refractivity contribution in [3.05, 3.63) is 0 Å². The van der Waals surface area contributed by atoms with E-state index in [1.807, 2.05) is 6.92 Å². The van der Waals surface area contributed by atoms with Gasteiger partial charge in [-0.15, -0.1) is 0 Å². The molecule has 0 radical (unpaired) electrons. The molecule has 2 atom stereocenters. The molecule has 0 aromatic rings. The molecule has 0 amide bonds. The molecule has 6 heteroatoms. The minimum absolute atomic E-state index is 0.300. The van der Waals surface area contributed by atoms with Gasteiger partial charge in [-0.05, 0) is 31.9 Å². The topological polar surface area (TPSA) is 65.9 Å². The van der Waals surface area contributed by atoms with Crippen LogP contribution in [0.5, 0.6) is 0 Å². The fourth-order valence-electron chi connectivity index (χ4n) is 2.30. The van der Waals surface area contributed by atoms with Crippen molar-refractivity contribution >= 4 is 17.7 Å². The lowest BCUT2D eigenvalue weighted by Crippen LogP contribution is -2.42. The second kappa shape index (κ2) is 7.36. The molecule has 0 saturated carbocycles. The molecule has 2 unspecified atom stereocenters. The van der Waals surface area contributed by atoms with E-state index in [1.165, 1.54) is 0 Å². The summed E-state index contributed by atoms with van der Waals surface area (Å²) in [5.74, 6) is 2.61. The molecule has 2 rings (SSSR count). The Bertz CT molecular complexity index is 300. The van der Waals surface area contributed by atoms with Gasteiger partial charge < -0.3 is 20.5 Å². The third kappa shape index (κ3) is 4.85. The molecular formula is C13H25N3O2S. The van der Waals surface area contributed by atoms with Gasteiger partial charge >= 0.3 is 0 Å². The van der Waals surface area contributed by atoms with E-state index in [4.69, 9.17) is 4.74 Å². The smallest absolute Gasteiger partial charge is 0.191 e. The number of guanidine groups is 1. The summed E-state index contributed by atoms with van der Waals surface area (Å²) in [5.41, 5.74) is -0.614. The third-order valence-electron chi connectivity index (χ3n) is 3.48. The summed E-state index contributed by atoms with van der Waals surface area (Å²) in [6, 6.07) is 0. The standard InChI is InChI=1S/C13H25N3O2S/c1-2-14-12(15-8-11-4-3-6-18-11)16-9-13(17)5-7-19-10-13/h11,17H,2-10H2,1H3,(H2,14,15,16). The number of hydrogen-bond donors (Lipinski definition) is 3. The number of rotatable bonds is 5. The van der Waals surface area contributed by atoms with Crippen molar-refractivity contribution in [2.75, 3.05) is 37.7 Å². The van der Waals surface area contributed by atoms with E-state index in [2.05, 4.69) is 15.6 Å². The lowest BCUT2D eigenvalue weighted by molar-refractivity contribution is 0.0778. The van der Waals surface area contributed by atoms with Crippen LogP contribution in [0.1, 0.15) is 26.2 Å². The van der Waals surface area contributed by atoms with Crippen molar-refractivity contribution in [1.82, 2.24) is 10.6 Å². The molecule has 2 aliphatic heterocycles. The Hall–Kier alpha value is -0.460. The van der Waals surface area contributed by atoms with Crippen molar-refractivity contribution in [2.45, 2.75) is 37.9 Å². The second-order valence-electron chi connectivity index (χ2n) is 5.24. The molecule has 0 aromatic heterocycles. The van der Waals surface area contributed by atoms with Gasteiger partial charge in [-0.2, -0.15) is 11.8 Å². The van der Waals surface area contributed by atoms with Gasteiger partial charge in [0.05, 0.1) is 18.2 Å². The average Bonchev–Trinajstić information content (AvgIpc) is 3.05. The van der Waals surface area contributed by atoms with Crippen LogP contribution in [-0.2, 0) is 4.74 Å². The zero-order valence-electron chi connectivity index (χ0n) is 11.7. The highest BCUT2D eigenvalue weighted by atomic mass is 32.2. The summed E-state index contributed by atoms with van der Waals surface area (Å²) in [5, 5.41) is 16.8. The molecule has 2 heterocycles. The summed E-state index contributed by atoms with van der Waals surface area (Å²) < 4.78 is 5.58. The first kappa shape index (κ1) is 14.9. The Labute approximate surface area is 119 Å². The number of ether oxygens (including phenoxy) is 1. The second-order valence-corrected chi connectivity index (χ2v) is 6.34. The molecule has 3 N–H and O–H groups in total. The SMILES string of the molecule is CCNC(=NCC1(O)CCSC1)NCC1CCCO1. The Morgan fingerprint density at radius 2 is 2.42 bits per heavy atom. The highest BCUT2D eigenvalue weighted by molar-refractivity contribution is 7.99. The maximum Gasteiger partial charge on any atom is 0.191 e. The van der Waals surface area contributed by atoms with Gasteiger partial charge in [-0.1, -0.05) is 0 Å². The molecule has 0 aliphatic carbocycles. The van der Waals surface area contributed by atoms with Gasteiger partial charge in [0.2, 0.25) is 0 Å². The van der Waals surface area contributed by atoms with E-state index in [0.29, 0.717) is 12.6 Å². The quantitative estimate of drug-likeness (QED) is 0.510. The minimum atomic E-state index is -0.614. The Morgan fingerprint density at radius 1 is 1.53 bits per heavy atom. The number of thioether (sulfide) groups is 1. The van der Waals surface area contributed by atoms with E-state index in [9.17, 15) is 5.11 Å². The normalized spacial score (nSPS) is 31.7. The van der Waals surface area contributed by atoms with Gasteiger partial charge in [0, 0.05) is 25.4 Å². The lowest BCUT2D eigenvalue weighted by Gasteiger charge is -2.20. The van der Waals surface area contributed by atoms with E-state index in [1.54, 1.807) is 11.8 Å². The molecule has 2 aliphatic rings. The maximum atomic E-state index is 10.3. The molecule has 2 fully saturated rings. The number of hydrogen-bond acceptors (Lipinski definition) is 4. The first-order chi connectivity index (χ1) is 9.22. The Balaban J connectivity index is 1.79. The lowest BCUT2D eigenvalue weighted by atomic mass is 10.1. The highest BCUT2D eigenvalue weighted by Gasteiger charge is 2.31. The van der Waals surface area contributed by atoms with E-state index < -0.39 is 5.60 Å². The van der Waals surface area contributed by atoms with Crippen LogP contribution in [0.15, 0.2) is 4.99 Å². The van der Waals surface area contributed by atoms with Gasteiger partial charge in [0.15, 0.2) is 5.96 Å². The largest absolute Gasteiger partial charge is 0.387 e. The summed E-state index contributed by atoms with van der Waals surface area (Å²) in [7, 11) is 0. The van der Waals surface area contributed by atoms with Crippen molar-refractivity contribution < 1.29 is 9.84 Å². The summed E-state index contributed by atoms with van der Waals surface area (Å²) in [6.45, 7) is 5.00. The molecule has 2 saturated heterocycles. The molecule has 5 nitrogen and oxygen atoms in total. The zero-order chi connectivity index (χ0) is 13.6. The van der Waals surface area contributed by atoms with Crippen LogP contribution in [-0.4, -0.2) is 60.5 Å².